The molecule has 174 valence electrons. The van der Waals surface area contributed by atoms with Crippen molar-refractivity contribution in [3.63, 3.8) is 0 Å². The highest BCUT2D eigenvalue weighted by Gasteiger charge is 2.20. The normalized spacial score (nSPS) is 12.2. The number of hydrogen-bond donors (Lipinski definition) is 2. The van der Waals surface area contributed by atoms with E-state index in [0.717, 1.165) is 16.3 Å². The van der Waals surface area contributed by atoms with E-state index in [-0.39, 0.29) is 10.8 Å². The first-order valence-corrected chi connectivity index (χ1v) is 12.5. The molecule has 0 aliphatic rings. The van der Waals surface area contributed by atoms with Gasteiger partial charge in [0.15, 0.2) is 6.10 Å². The highest BCUT2D eigenvalue weighted by Crippen LogP contribution is 2.26. The van der Waals surface area contributed by atoms with E-state index in [0.29, 0.717) is 23.5 Å². The van der Waals surface area contributed by atoms with Crippen molar-refractivity contribution in [2.24, 2.45) is 0 Å². The summed E-state index contributed by atoms with van der Waals surface area (Å²) in [6.07, 6.45) is -0.181. The number of hydrogen-bond acceptors (Lipinski definition) is 4. The molecule has 0 saturated carbocycles. The Kier molecular flexibility index (Phi) is 6.84. The molecule has 0 radical (unpaired) electrons. The Morgan fingerprint density at radius 3 is 2.35 bits per heavy atom. The molecule has 4 aromatic carbocycles. The summed E-state index contributed by atoms with van der Waals surface area (Å²) in [5.41, 5.74) is 2.04. The van der Waals surface area contributed by atoms with Crippen LogP contribution in [0.3, 0.4) is 0 Å². The van der Waals surface area contributed by atoms with Crippen LogP contribution in [-0.4, -0.2) is 20.4 Å². The fourth-order valence-corrected chi connectivity index (χ4v) is 4.71. The van der Waals surface area contributed by atoms with Crippen molar-refractivity contribution in [3.05, 3.63) is 96.6 Å². The highest BCUT2D eigenvalue weighted by molar-refractivity contribution is 7.92. The number of carbonyl (C=O) groups is 1. The maximum absolute atomic E-state index is 12.9. The summed E-state index contributed by atoms with van der Waals surface area (Å²) in [6.45, 7) is 3.83. The average molecular weight is 475 g/mol. The number of fused-ring (bicyclic) bond motifs is 1. The van der Waals surface area contributed by atoms with E-state index in [9.17, 15) is 13.2 Å². The molecule has 1 amide bonds. The first-order chi connectivity index (χ1) is 16.4. The molecule has 6 nitrogen and oxygen atoms in total. The number of benzene rings is 4. The van der Waals surface area contributed by atoms with Crippen LogP contribution in [-0.2, 0) is 14.8 Å². The van der Waals surface area contributed by atoms with Gasteiger partial charge in [0.2, 0.25) is 0 Å². The van der Waals surface area contributed by atoms with E-state index in [4.69, 9.17) is 4.74 Å². The predicted molar refractivity (Wildman–Crippen MR) is 136 cm³/mol. The molecule has 4 rings (SSSR count). The third-order valence-electron chi connectivity index (χ3n) is 5.40. The number of carbonyl (C=O) groups excluding carboxylic acids is 1. The summed E-state index contributed by atoms with van der Waals surface area (Å²) in [5, 5.41) is 4.56. The molecule has 1 atom stereocenters. The monoisotopic (exact) mass is 474 g/mol. The lowest BCUT2D eigenvalue weighted by molar-refractivity contribution is -0.122. The van der Waals surface area contributed by atoms with Gasteiger partial charge in [0.1, 0.15) is 5.75 Å². The van der Waals surface area contributed by atoms with Crippen molar-refractivity contribution < 1.29 is 17.9 Å². The van der Waals surface area contributed by atoms with Gasteiger partial charge in [-0.25, -0.2) is 8.42 Å². The minimum Gasteiger partial charge on any atom is -0.481 e. The first-order valence-electron chi connectivity index (χ1n) is 11.0. The molecule has 0 aliphatic heterocycles. The van der Waals surface area contributed by atoms with Crippen LogP contribution in [0.1, 0.15) is 18.9 Å². The first kappa shape index (κ1) is 23.3. The zero-order valence-electron chi connectivity index (χ0n) is 19.0. The summed E-state index contributed by atoms with van der Waals surface area (Å²) in [5.74, 6) is 0.330. The molecule has 0 aliphatic carbocycles. The van der Waals surface area contributed by atoms with Crippen LogP contribution in [0.25, 0.3) is 10.8 Å². The molecule has 0 aromatic heterocycles. The molecule has 0 spiro atoms. The van der Waals surface area contributed by atoms with E-state index >= 15 is 0 Å². The zero-order chi connectivity index (χ0) is 24.1. The fourth-order valence-electron chi connectivity index (χ4n) is 3.63. The number of sulfonamides is 1. The predicted octanol–water partition coefficient (Wildman–Crippen LogP) is 5.75. The van der Waals surface area contributed by atoms with Crippen LogP contribution in [0.5, 0.6) is 5.75 Å². The van der Waals surface area contributed by atoms with Crippen LogP contribution < -0.4 is 14.8 Å². The van der Waals surface area contributed by atoms with Crippen molar-refractivity contribution in [3.8, 4) is 5.75 Å². The van der Waals surface area contributed by atoms with Gasteiger partial charge < -0.3 is 10.1 Å². The number of anilines is 2. The van der Waals surface area contributed by atoms with E-state index in [1.54, 1.807) is 18.2 Å². The molecule has 4 aromatic rings. The van der Waals surface area contributed by atoms with Gasteiger partial charge in [-0.1, -0.05) is 55.5 Å². The molecule has 2 N–H and O–H groups in total. The lowest BCUT2D eigenvalue weighted by atomic mass is 10.1. The van der Waals surface area contributed by atoms with Crippen LogP contribution in [0.2, 0.25) is 0 Å². The summed E-state index contributed by atoms with van der Waals surface area (Å²) >= 11 is 0. The van der Waals surface area contributed by atoms with Gasteiger partial charge in [-0.15, -0.1) is 0 Å². The number of aryl methyl sites for hydroxylation is 1. The van der Waals surface area contributed by atoms with Crippen molar-refractivity contribution in [2.75, 3.05) is 10.0 Å². The SMILES string of the molecule is CC[C@@H](Oc1cccc(C)c1)C(=O)Nc1ccc(S(=O)(=O)Nc2cccc3ccccc23)cc1. The van der Waals surface area contributed by atoms with E-state index < -0.39 is 16.1 Å². The molecule has 7 heteroatoms. The molecule has 0 bridgehead atoms. The maximum atomic E-state index is 12.9. The van der Waals surface area contributed by atoms with Crippen LogP contribution in [0, 0.1) is 6.92 Å². The average Bonchev–Trinajstić information content (AvgIpc) is 2.83. The fraction of sp³-hybridized carbons (Fsp3) is 0.148. The molecular weight excluding hydrogens is 448 g/mol. The van der Waals surface area contributed by atoms with Gasteiger partial charge in [-0.2, -0.15) is 0 Å². The quantitative estimate of drug-likeness (QED) is 0.341. The summed E-state index contributed by atoms with van der Waals surface area (Å²) in [6, 6.07) is 26.6. The number of rotatable bonds is 8. The van der Waals surface area contributed by atoms with Crippen molar-refractivity contribution in [1.29, 1.82) is 0 Å². The standard InChI is InChI=1S/C27H26N2O4S/c1-3-26(33-22-11-6-8-19(2)18-22)27(30)28-21-14-16-23(17-15-21)34(31,32)29-25-13-7-10-20-9-4-5-12-24(20)25/h4-18,26,29H,3H2,1-2H3,(H,28,30)/t26-/m1/s1. The molecule has 0 unspecified atom stereocenters. The van der Waals surface area contributed by atoms with Gasteiger partial charge in [0.05, 0.1) is 10.6 Å². The van der Waals surface area contributed by atoms with Gasteiger partial charge >= 0.3 is 0 Å². The Bertz CT molecular complexity index is 1410. The van der Waals surface area contributed by atoms with E-state index in [1.807, 2.05) is 74.5 Å². The largest absolute Gasteiger partial charge is 0.481 e. The second-order valence-corrected chi connectivity index (χ2v) is 9.66. The highest BCUT2D eigenvalue weighted by atomic mass is 32.2. The Morgan fingerprint density at radius 1 is 0.912 bits per heavy atom. The third kappa shape index (κ3) is 5.38. The summed E-state index contributed by atoms with van der Waals surface area (Å²) in [4.78, 5) is 12.8. The molecule has 34 heavy (non-hydrogen) atoms. The van der Waals surface area contributed by atoms with E-state index in [2.05, 4.69) is 10.0 Å². The van der Waals surface area contributed by atoms with Crippen molar-refractivity contribution in [1.82, 2.24) is 0 Å². The van der Waals surface area contributed by atoms with Crippen molar-refractivity contribution in [2.45, 2.75) is 31.3 Å². The second-order valence-electron chi connectivity index (χ2n) is 7.98. The number of ether oxygens (including phenoxy) is 1. The molecular formula is C27H26N2O4S. The smallest absolute Gasteiger partial charge is 0.265 e. The van der Waals surface area contributed by atoms with Crippen LogP contribution >= 0.6 is 0 Å². The van der Waals surface area contributed by atoms with Gasteiger partial charge in [0.25, 0.3) is 15.9 Å². The third-order valence-corrected chi connectivity index (χ3v) is 6.78. The summed E-state index contributed by atoms with van der Waals surface area (Å²) < 4.78 is 34.4. The Hall–Kier alpha value is -3.84. The lowest BCUT2D eigenvalue weighted by Crippen LogP contribution is -2.32. The molecule has 0 saturated heterocycles. The number of nitrogens with one attached hydrogen (secondary N) is 2. The molecule has 0 heterocycles. The van der Waals surface area contributed by atoms with Gasteiger partial charge in [0, 0.05) is 11.1 Å². The second kappa shape index (κ2) is 9.97. The minimum absolute atomic E-state index is 0.0986. The Labute approximate surface area is 199 Å². The maximum Gasteiger partial charge on any atom is 0.265 e. The van der Waals surface area contributed by atoms with Gasteiger partial charge in [-0.05, 0) is 66.8 Å². The Balaban J connectivity index is 1.46. The summed E-state index contributed by atoms with van der Waals surface area (Å²) in [7, 11) is -3.80. The zero-order valence-corrected chi connectivity index (χ0v) is 19.8. The number of amides is 1. The van der Waals surface area contributed by atoms with Crippen LogP contribution in [0.15, 0.2) is 95.9 Å². The molecule has 0 fully saturated rings. The lowest BCUT2D eigenvalue weighted by Gasteiger charge is -2.18. The van der Waals surface area contributed by atoms with Crippen molar-refractivity contribution >= 4 is 38.1 Å². The topological polar surface area (TPSA) is 84.5 Å². The minimum atomic E-state index is -3.80. The van der Waals surface area contributed by atoms with Gasteiger partial charge in [-0.3, -0.25) is 9.52 Å². The van der Waals surface area contributed by atoms with Crippen LogP contribution in [0.4, 0.5) is 11.4 Å². The van der Waals surface area contributed by atoms with E-state index in [1.165, 1.54) is 12.1 Å². The Morgan fingerprint density at radius 2 is 1.62 bits per heavy atom.